The Kier molecular flexibility index (Phi) is 5.31. The first-order chi connectivity index (χ1) is 8.38. The first-order valence-corrected chi connectivity index (χ1v) is 6.68. The Morgan fingerprint density at radius 1 is 1.44 bits per heavy atom. The zero-order valence-electron chi connectivity index (χ0n) is 9.56. The van der Waals surface area contributed by atoms with Crippen LogP contribution in [0.5, 0.6) is 0 Å². The number of aliphatic hydroxyl groups is 1. The van der Waals surface area contributed by atoms with Gasteiger partial charge in [0.05, 0.1) is 0 Å². The summed E-state index contributed by atoms with van der Waals surface area (Å²) in [7, 11) is 0. The number of ketones is 1. The summed E-state index contributed by atoms with van der Waals surface area (Å²) in [6.45, 7) is 1.38. The van der Waals surface area contributed by atoms with Gasteiger partial charge in [-0.25, -0.2) is 4.79 Å². The van der Waals surface area contributed by atoms with Gasteiger partial charge in [0.1, 0.15) is 5.38 Å². The van der Waals surface area contributed by atoms with Crippen LogP contribution in [0.1, 0.15) is 35.1 Å². The molecule has 0 radical (unpaired) electrons. The molecule has 98 valence electrons. The molecule has 18 heavy (non-hydrogen) atoms. The van der Waals surface area contributed by atoms with Gasteiger partial charge in [-0.1, -0.05) is 34.1 Å². The first kappa shape index (κ1) is 15.1. The fourth-order valence-electron chi connectivity index (χ4n) is 1.53. The van der Waals surface area contributed by atoms with E-state index in [0.29, 0.717) is 16.5 Å². The molecule has 0 aliphatic rings. The minimum atomic E-state index is -1.59. The highest BCUT2D eigenvalue weighted by molar-refractivity contribution is 9.08. The van der Waals surface area contributed by atoms with Crippen LogP contribution in [0.15, 0.2) is 18.2 Å². The van der Waals surface area contributed by atoms with Crippen LogP contribution in [0.4, 0.5) is 0 Å². The Morgan fingerprint density at radius 2 is 2.06 bits per heavy atom. The molecule has 0 saturated carbocycles. The van der Waals surface area contributed by atoms with Crippen LogP contribution < -0.4 is 0 Å². The molecule has 0 aliphatic carbocycles. The topological polar surface area (TPSA) is 74.6 Å². The number of carboxylic acid groups (broad SMARTS) is 1. The fraction of sp³-hybridized carbons (Fsp3) is 0.333. The van der Waals surface area contributed by atoms with Crippen molar-refractivity contribution in [2.75, 3.05) is 0 Å². The molecule has 0 amide bonds. The van der Waals surface area contributed by atoms with E-state index in [4.69, 9.17) is 16.7 Å². The lowest BCUT2D eigenvalue weighted by molar-refractivity contribution is -0.147. The normalized spacial score (nSPS) is 14.0. The highest BCUT2D eigenvalue weighted by atomic mass is 79.9. The standard InChI is InChI=1S/C12H12BrClO4/c1-6(15)10(14)7-2-3-9(8(4-7)5-13)11(16)12(17)18/h2-4,10-11,16H,5H2,1H3,(H,17,18). The molecule has 2 atom stereocenters. The third kappa shape index (κ3) is 3.31. The number of aliphatic carboxylic acids is 1. The lowest BCUT2D eigenvalue weighted by atomic mass is 9.98. The van der Waals surface area contributed by atoms with Gasteiger partial charge in [-0.2, -0.15) is 0 Å². The number of rotatable bonds is 5. The van der Waals surface area contributed by atoms with Gasteiger partial charge in [-0.05, 0) is 23.6 Å². The van der Waals surface area contributed by atoms with Crippen molar-refractivity contribution in [3.05, 3.63) is 34.9 Å². The van der Waals surface area contributed by atoms with E-state index in [1.54, 1.807) is 12.1 Å². The minimum Gasteiger partial charge on any atom is -0.479 e. The predicted molar refractivity (Wildman–Crippen MR) is 70.9 cm³/mol. The molecule has 0 aliphatic heterocycles. The summed E-state index contributed by atoms with van der Waals surface area (Å²) >= 11 is 9.13. The predicted octanol–water partition coefficient (Wildman–Crippen LogP) is 2.57. The third-order valence-electron chi connectivity index (χ3n) is 2.49. The number of carbonyl (C=O) groups is 2. The van der Waals surface area contributed by atoms with Crippen LogP contribution in [-0.4, -0.2) is 22.0 Å². The summed E-state index contributed by atoms with van der Waals surface area (Å²) in [5.41, 5.74) is 1.46. The molecule has 0 bridgehead atoms. The Balaban J connectivity index is 3.19. The molecule has 0 fully saturated rings. The number of aliphatic hydroxyl groups excluding tert-OH is 1. The number of benzene rings is 1. The second-order valence-corrected chi connectivity index (χ2v) is 4.80. The van der Waals surface area contributed by atoms with E-state index in [-0.39, 0.29) is 11.3 Å². The molecule has 1 rings (SSSR count). The van der Waals surface area contributed by atoms with E-state index in [0.717, 1.165) is 0 Å². The van der Waals surface area contributed by atoms with Gasteiger partial charge < -0.3 is 10.2 Å². The molecule has 2 N–H and O–H groups in total. The molecule has 0 saturated heterocycles. The van der Waals surface area contributed by atoms with E-state index in [9.17, 15) is 14.7 Å². The zero-order valence-corrected chi connectivity index (χ0v) is 11.9. The number of alkyl halides is 2. The van der Waals surface area contributed by atoms with Crippen LogP contribution in [-0.2, 0) is 14.9 Å². The highest BCUT2D eigenvalue weighted by Gasteiger charge is 2.21. The molecule has 0 heterocycles. The number of halogens is 2. The molecule has 1 aromatic rings. The van der Waals surface area contributed by atoms with Gasteiger partial charge in [0, 0.05) is 5.33 Å². The van der Waals surface area contributed by atoms with Crippen molar-refractivity contribution >= 4 is 39.3 Å². The minimum absolute atomic E-state index is 0.191. The van der Waals surface area contributed by atoms with Gasteiger partial charge in [0.25, 0.3) is 0 Å². The van der Waals surface area contributed by atoms with E-state index in [2.05, 4.69) is 15.9 Å². The Hall–Kier alpha value is -0.910. The van der Waals surface area contributed by atoms with Crippen LogP contribution in [0, 0.1) is 0 Å². The monoisotopic (exact) mass is 334 g/mol. The summed E-state index contributed by atoms with van der Waals surface area (Å²) in [5, 5.41) is 17.9. The van der Waals surface area contributed by atoms with Crippen LogP contribution in [0.3, 0.4) is 0 Å². The van der Waals surface area contributed by atoms with E-state index in [1.807, 2.05) is 0 Å². The second-order valence-electron chi connectivity index (χ2n) is 3.81. The number of carboxylic acids is 1. The van der Waals surface area contributed by atoms with Crippen LogP contribution >= 0.6 is 27.5 Å². The SMILES string of the molecule is CC(=O)C(Cl)c1ccc(C(O)C(=O)O)c(CBr)c1. The Morgan fingerprint density at radius 3 is 2.50 bits per heavy atom. The van der Waals surface area contributed by atoms with E-state index in [1.165, 1.54) is 13.0 Å². The molecular weight excluding hydrogens is 323 g/mol. The number of hydrogen-bond acceptors (Lipinski definition) is 3. The molecule has 0 aromatic heterocycles. The van der Waals surface area contributed by atoms with E-state index >= 15 is 0 Å². The second kappa shape index (κ2) is 6.31. The fourth-order valence-corrected chi connectivity index (χ4v) is 2.15. The summed E-state index contributed by atoms with van der Waals surface area (Å²) in [6.07, 6.45) is -1.59. The average Bonchev–Trinajstić information content (AvgIpc) is 2.35. The smallest absolute Gasteiger partial charge is 0.337 e. The summed E-state index contributed by atoms with van der Waals surface area (Å²) in [4.78, 5) is 21.9. The van der Waals surface area contributed by atoms with Crippen molar-refractivity contribution in [3.63, 3.8) is 0 Å². The summed E-state index contributed by atoms with van der Waals surface area (Å²) < 4.78 is 0. The molecular formula is C12H12BrClO4. The molecule has 2 unspecified atom stereocenters. The van der Waals surface area contributed by atoms with Gasteiger partial charge in [-0.3, -0.25) is 4.79 Å². The van der Waals surface area contributed by atoms with Gasteiger partial charge >= 0.3 is 5.97 Å². The molecule has 1 aromatic carbocycles. The highest BCUT2D eigenvalue weighted by Crippen LogP contribution is 2.28. The third-order valence-corrected chi connectivity index (χ3v) is 3.65. The van der Waals surface area contributed by atoms with Crippen molar-refractivity contribution in [3.8, 4) is 0 Å². The number of carbonyl (C=O) groups excluding carboxylic acids is 1. The quantitative estimate of drug-likeness (QED) is 0.811. The first-order valence-electron chi connectivity index (χ1n) is 5.12. The van der Waals surface area contributed by atoms with Crippen LogP contribution in [0.2, 0.25) is 0 Å². The number of hydrogen-bond donors (Lipinski definition) is 2. The maximum atomic E-state index is 11.2. The van der Waals surface area contributed by atoms with E-state index < -0.39 is 17.5 Å². The van der Waals surface area contributed by atoms with Crippen molar-refractivity contribution < 1.29 is 19.8 Å². The van der Waals surface area contributed by atoms with Crippen LogP contribution in [0.25, 0.3) is 0 Å². The molecule has 6 heteroatoms. The van der Waals surface area contributed by atoms with Crippen molar-refractivity contribution in [1.29, 1.82) is 0 Å². The Labute approximate surface area is 118 Å². The zero-order chi connectivity index (χ0) is 13.9. The molecule has 4 nitrogen and oxygen atoms in total. The van der Waals surface area contributed by atoms with Crippen molar-refractivity contribution in [2.24, 2.45) is 0 Å². The van der Waals surface area contributed by atoms with Crippen molar-refractivity contribution in [1.82, 2.24) is 0 Å². The van der Waals surface area contributed by atoms with Gasteiger partial charge in [0.2, 0.25) is 0 Å². The molecule has 0 spiro atoms. The summed E-state index contributed by atoms with van der Waals surface area (Å²) in [5.74, 6) is -1.51. The summed E-state index contributed by atoms with van der Waals surface area (Å²) in [6, 6.07) is 4.64. The van der Waals surface area contributed by atoms with Gasteiger partial charge in [-0.15, -0.1) is 11.6 Å². The lowest BCUT2D eigenvalue weighted by Crippen LogP contribution is -2.13. The van der Waals surface area contributed by atoms with Crippen molar-refractivity contribution in [2.45, 2.75) is 23.7 Å². The average molecular weight is 336 g/mol. The lowest BCUT2D eigenvalue weighted by Gasteiger charge is -2.14. The largest absolute Gasteiger partial charge is 0.479 e. The van der Waals surface area contributed by atoms with Gasteiger partial charge in [0.15, 0.2) is 11.9 Å². The maximum absolute atomic E-state index is 11.2. The maximum Gasteiger partial charge on any atom is 0.337 e. The number of Topliss-reactive ketones (excluding diaryl/α,β-unsaturated/α-hetero) is 1. The Bertz CT molecular complexity index is 475.